The summed E-state index contributed by atoms with van der Waals surface area (Å²) in [6, 6.07) is 13.9. The number of aromatic nitrogens is 3. The molecule has 0 saturated carbocycles. The summed E-state index contributed by atoms with van der Waals surface area (Å²) in [5, 5.41) is 8.70. The second kappa shape index (κ2) is 11.2. The molecule has 0 fully saturated rings. The largest absolute Gasteiger partial charge is 0.497 e. The van der Waals surface area contributed by atoms with Crippen LogP contribution in [0.25, 0.3) is 11.0 Å². The van der Waals surface area contributed by atoms with Crippen molar-refractivity contribution in [3.8, 4) is 5.75 Å². The van der Waals surface area contributed by atoms with Crippen molar-refractivity contribution in [3.05, 3.63) is 73.9 Å². The predicted octanol–water partition coefficient (Wildman–Crippen LogP) is 6.53. The number of aryl methyl sites for hydroxylation is 2. The molecule has 1 atom stereocenters. The Hall–Kier alpha value is -2.94. The molecule has 0 saturated heterocycles. The molecule has 0 radical (unpaired) electrons. The summed E-state index contributed by atoms with van der Waals surface area (Å²) >= 11 is 8.17. The molecule has 0 amide bonds. The Labute approximate surface area is 226 Å². The molecule has 0 bridgehead atoms. The number of thiophene rings is 1. The minimum absolute atomic E-state index is 0.295. The summed E-state index contributed by atoms with van der Waals surface area (Å²) in [6.07, 6.45) is 0. The van der Waals surface area contributed by atoms with Gasteiger partial charge >= 0.3 is 5.97 Å². The van der Waals surface area contributed by atoms with Crippen LogP contribution in [0, 0.1) is 12.3 Å². The molecular formula is C28H32ClN3O4S. The number of hydrogen-bond donors (Lipinski definition) is 0. The number of fused-ring (bicyclic) bond motifs is 1. The van der Waals surface area contributed by atoms with Gasteiger partial charge in [-0.3, -0.25) is 4.79 Å². The molecule has 4 aromatic rings. The van der Waals surface area contributed by atoms with Gasteiger partial charge in [0.05, 0.1) is 42.7 Å². The number of esters is 1. The van der Waals surface area contributed by atoms with Gasteiger partial charge in [0.1, 0.15) is 11.3 Å². The maximum Gasteiger partial charge on any atom is 0.312 e. The minimum Gasteiger partial charge on any atom is -0.497 e. The Kier molecular flexibility index (Phi) is 8.21. The molecule has 196 valence electrons. The van der Waals surface area contributed by atoms with Gasteiger partial charge in [-0.1, -0.05) is 35.0 Å². The Balaban J connectivity index is 1.67. The number of rotatable bonds is 10. The van der Waals surface area contributed by atoms with E-state index in [1.54, 1.807) is 7.11 Å². The average Bonchev–Trinajstić information content (AvgIpc) is 3.48. The first-order valence-corrected chi connectivity index (χ1v) is 13.3. The first kappa shape index (κ1) is 27.1. The third kappa shape index (κ3) is 5.37. The van der Waals surface area contributed by atoms with E-state index in [1.165, 1.54) is 18.4 Å². The van der Waals surface area contributed by atoms with Gasteiger partial charge in [0.25, 0.3) is 0 Å². The fourth-order valence-corrected chi connectivity index (χ4v) is 6.25. The van der Waals surface area contributed by atoms with Crippen molar-refractivity contribution in [2.24, 2.45) is 5.41 Å². The van der Waals surface area contributed by atoms with Crippen LogP contribution in [0.4, 0.5) is 0 Å². The third-order valence-corrected chi connectivity index (χ3v) is 8.28. The summed E-state index contributed by atoms with van der Waals surface area (Å²) in [4.78, 5) is 14.0. The van der Waals surface area contributed by atoms with Crippen molar-refractivity contribution in [1.29, 1.82) is 0 Å². The SMILES string of the molecule is CCn1nnc2c(C)c(C(c3cc(COCc4ccc(OC)cc4)c(Cl)s3)C(C)(C)C(=O)OC)ccc21. The standard InChI is InChI=1S/C28H32ClN3O4S/c1-7-32-22-13-12-21(17(2)25(22)30-31-32)24(28(3,4)27(33)35-6)23-14-19(26(29)37-23)16-36-15-18-8-10-20(34-5)11-9-18/h8-14,24H,7,15-16H2,1-6H3. The van der Waals surface area contributed by atoms with Gasteiger partial charge in [0.15, 0.2) is 0 Å². The number of carbonyl (C=O) groups is 1. The highest BCUT2D eigenvalue weighted by atomic mass is 35.5. The molecule has 9 heteroatoms. The zero-order chi connectivity index (χ0) is 26.7. The lowest BCUT2D eigenvalue weighted by molar-refractivity contribution is -0.151. The van der Waals surface area contributed by atoms with E-state index in [2.05, 4.69) is 16.4 Å². The molecule has 2 aromatic heterocycles. The van der Waals surface area contributed by atoms with Gasteiger partial charge in [-0.05, 0) is 68.7 Å². The summed E-state index contributed by atoms with van der Waals surface area (Å²) < 4.78 is 18.9. The lowest BCUT2D eigenvalue weighted by Gasteiger charge is -2.32. The van der Waals surface area contributed by atoms with E-state index < -0.39 is 5.41 Å². The van der Waals surface area contributed by atoms with Gasteiger partial charge in [-0.15, -0.1) is 16.4 Å². The van der Waals surface area contributed by atoms with Gasteiger partial charge in [0.2, 0.25) is 0 Å². The molecular weight excluding hydrogens is 510 g/mol. The normalized spacial score (nSPS) is 12.6. The zero-order valence-corrected chi connectivity index (χ0v) is 23.6. The van der Waals surface area contributed by atoms with Crippen molar-refractivity contribution in [1.82, 2.24) is 15.0 Å². The number of carbonyl (C=O) groups excluding carboxylic acids is 1. The van der Waals surface area contributed by atoms with E-state index >= 15 is 0 Å². The second-order valence-corrected chi connectivity index (χ2v) is 11.2. The molecule has 7 nitrogen and oxygen atoms in total. The maximum absolute atomic E-state index is 13.0. The molecule has 0 aliphatic carbocycles. The summed E-state index contributed by atoms with van der Waals surface area (Å²) in [7, 11) is 3.06. The highest BCUT2D eigenvalue weighted by Crippen LogP contribution is 2.48. The van der Waals surface area contributed by atoms with Crippen LogP contribution >= 0.6 is 22.9 Å². The summed E-state index contributed by atoms with van der Waals surface area (Å²) in [5.41, 5.74) is 4.85. The van der Waals surface area contributed by atoms with Crippen LogP contribution in [-0.2, 0) is 34.0 Å². The zero-order valence-electron chi connectivity index (χ0n) is 22.0. The van der Waals surface area contributed by atoms with Crippen LogP contribution in [0.5, 0.6) is 5.75 Å². The van der Waals surface area contributed by atoms with Crippen LogP contribution in [0.2, 0.25) is 4.34 Å². The molecule has 2 heterocycles. The van der Waals surface area contributed by atoms with Gasteiger partial charge in [-0.25, -0.2) is 4.68 Å². The molecule has 1 unspecified atom stereocenters. The number of ether oxygens (including phenoxy) is 3. The molecule has 0 spiro atoms. The number of halogens is 1. The third-order valence-electron chi connectivity index (χ3n) is 6.77. The van der Waals surface area contributed by atoms with E-state index in [9.17, 15) is 4.79 Å². The van der Waals surface area contributed by atoms with Gasteiger partial charge < -0.3 is 14.2 Å². The number of benzene rings is 2. The molecule has 37 heavy (non-hydrogen) atoms. The van der Waals surface area contributed by atoms with Crippen LogP contribution in [0.15, 0.2) is 42.5 Å². The molecule has 0 N–H and O–H groups in total. The fourth-order valence-electron chi connectivity index (χ4n) is 4.68. The number of hydrogen-bond acceptors (Lipinski definition) is 7. The molecule has 0 aliphatic rings. The van der Waals surface area contributed by atoms with Gasteiger partial charge in [0, 0.05) is 22.9 Å². The van der Waals surface area contributed by atoms with Crippen molar-refractivity contribution < 1.29 is 19.0 Å². The molecule has 0 aliphatic heterocycles. The van der Waals surface area contributed by atoms with Crippen molar-refractivity contribution in [2.75, 3.05) is 14.2 Å². The van der Waals surface area contributed by atoms with Crippen LogP contribution < -0.4 is 4.74 Å². The highest BCUT2D eigenvalue weighted by molar-refractivity contribution is 7.16. The van der Waals surface area contributed by atoms with E-state index in [0.717, 1.165) is 50.5 Å². The topological polar surface area (TPSA) is 75.5 Å². The van der Waals surface area contributed by atoms with Crippen LogP contribution in [0.3, 0.4) is 0 Å². The number of methoxy groups -OCH3 is 2. The smallest absolute Gasteiger partial charge is 0.312 e. The minimum atomic E-state index is -0.858. The molecule has 4 rings (SSSR count). The second-order valence-electron chi connectivity index (χ2n) is 9.49. The maximum atomic E-state index is 13.0. The monoisotopic (exact) mass is 541 g/mol. The Morgan fingerprint density at radius 2 is 1.86 bits per heavy atom. The van der Waals surface area contributed by atoms with Crippen molar-refractivity contribution in [2.45, 2.75) is 53.4 Å². The van der Waals surface area contributed by atoms with E-state index in [0.29, 0.717) is 17.6 Å². The fraction of sp³-hybridized carbons (Fsp3) is 0.393. The predicted molar refractivity (Wildman–Crippen MR) is 146 cm³/mol. The van der Waals surface area contributed by atoms with E-state index in [1.807, 2.05) is 68.8 Å². The summed E-state index contributed by atoms with van der Waals surface area (Å²) in [5.74, 6) is 0.212. The van der Waals surface area contributed by atoms with E-state index in [-0.39, 0.29) is 11.9 Å². The van der Waals surface area contributed by atoms with Crippen molar-refractivity contribution in [3.63, 3.8) is 0 Å². The first-order valence-electron chi connectivity index (χ1n) is 12.1. The molecule has 2 aromatic carbocycles. The Morgan fingerprint density at radius 1 is 1.14 bits per heavy atom. The van der Waals surface area contributed by atoms with Crippen LogP contribution in [0.1, 0.15) is 53.8 Å². The van der Waals surface area contributed by atoms with Crippen LogP contribution in [-0.4, -0.2) is 35.2 Å². The average molecular weight is 542 g/mol. The highest BCUT2D eigenvalue weighted by Gasteiger charge is 2.42. The van der Waals surface area contributed by atoms with Crippen molar-refractivity contribution >= 4 is 39.9 Å². The van der Waals surface area contributed by atoms with Gasteiger partial charge in [-0.2, -0.15) is 0 Å². The Morgan fingerprint density at radius 3 is 2.51 bits per heavy atom. The quantitative estimate of drug-likeness (QED) is 0.212. The first-order chi connectivity index (χ1) is 17.7. The Bertz CT molecular complexity index is 1390. The lowest BCUT2D eigenvalue weighted by Crippen LogP contribution is -2.33. The lowest BCUT2D eigenvalue weighted by atomic mass is 9.72. The summed E-state index contributed by atoms with van der Waals surface area (Å²) in [6.45, 7) is 9.41. The van der Waals surface area contributed by atoms with E-state index in [4.69, 9.17) is 25.8 Å². The number of nitrogens with zero attached hydrogens (tertiary/aromatic N) is 3.